The standard InChI is InChI=1S/C15H24N2O2S/c1-17(20(2,18)19)14-8-6-13(7-9-14)15(12-16)10-4-3-5-11-15/h6-9H,3-5,10-12,16H2,1-2H3. The van der Waals surface area contributed by atoms with Crippen LogP contribution < -0.4 is 10.0 Å². The average molecular weight is 296 g/mol. The molecule has 0 heterocycles. The second-order valence-electron chi connectivity index (χ2n) is 5.82. The van der Waals surface area contributed by atoms with Gasteiger partial charge < -0.3 is 5.73 Å². The Labute approximate surface area is 122 Å². The van der Waals surface area contributed by atoms with E-state index >= 15 is 0 Å². The number of hydrogen-bond donors (Lipinski definition) is 1. The van der Waals surface area contributed by atoms with Crippen LogP contribution in [0.3, 0.4) is 0 Å². The second kappa shape index (κ2) is 5.74. The van der Waals surface area contributed by atoms with E-state index in [1.54, 1.807) is 7.05 Å². The Balaban J connectivity index is 2.27. The summed E-state index contributed by atoms with van der Waals surface area (Å²) >= 11 is 0. The van der Waals surface area contributed by atoms with Crippen LogP contribution >= 0.6 is 0 Å². The molecule has 0 unspecified atom stereocenters. The lowest BCUT2D eigenvalue weighted by Gasteiger charge is -2.37. The molecule has 20 heavy (non-hydrogen) atoms. The zero-order chi connectivity index (χ0) is 14.8. The molecule has 5 heteroatoms. The molecule has 1 fully saturated rings. The van der Waals surface area contributed by atoms with Crippen molar-refractivity contribution in [3.63, 3.8) is 0 Å². The van der Waals surface area contributed by atoms with E-state index in [0.29, 0.717) is 12.2 Å². The van der Waals surface area contributed by atoms with Crippen molar-refractivity contribution in [2.45, 2.75) is 37.5 Å². The SMILES string of the molecule is CN(c1ccc(C2(CN)CCCCC2)cc1)S(C)(=O)=O. The van der Waals surface area contributed by atoms with Gasteiger partial charge in [-0.1, -0.05) is 31.4 Å². The molecule has 0 atom stereocenters. The molecule has 2 N–H and O–H groups in total. The van der Waals surface area contributed by atoms with Crippen molar-refractivity contribution in [3.05, 3.63) is 29.8 Å². The maximum absolute atomic E-state index is 11.5. The van der Waals surface area contributed by atoms with Crippen molar-refractivity contribution in [3.8, 4) is 0 Å². The van der Waals surface area contributed by atoms with Gasteiger partial charge in [0.1, 0.15) is 0 Å². The number of hydrogen-bond acceptors (Lipinski definition) is 3. The summed E-state index contributed by atoms with van der Waals surface area (Å²) < 4.78 is 24.4. The predicted molar refractivity (Wildman–Crippen MR) is 83.5 cm³/mol. The Hall–Kier alpha value is -1.07. The third kappa shape index (κ3) is 2.99. The van der Waals surface area contributed by atoms with Crippen LogP contribution in [0.1, 0.15) is 37.7 Å². The van der Waals surface area contributed by atoms with Crippen LogP contribution in [0.25, 0.3) is 0 Å². The van der Waals surface area contributed by atoms with Gasteiger partial charge in [-0.25, -0.2) is 8.42 Å². The van der Waals surface area contributed by atoms with Crippen LogP contribution in [0.4, 0.5) is 5.69 Å². The van der Waals surface area contributed by atoms with Gasteiger partial charge in [-0.3, -0.25) is 4.31 Å². The van der Waals surface area contributed by atoms with Crippen LogP contribution in [-0.4, -0.2) is 28.3 Å². The van der Waals surface area contributed by atoms with Gasteiger partial charge >= 0.3 is 0 Å². The first kappa shape index (κ1) is 15.3. The normalized spacial score (nSPS) is 18.8. The van der Waals surface area contributed by atoms with Gasteiger partial charge in [0, 0.05) is 19.0 Å². The Morgan fingerprint density at radius 3 is 2.15 bits per heavy atom. The highest BCUT2D eigenvalue weighted by molar-refractivity contribution is 7.92. The fourth-order valence-corrected chi connectivity index (χ4v) is 3.56. The van der Waals surface area contributed by atoms with Gasteiger partial charge in [-0.15, -0.1) is 0 Å². The van der Waals surface area contributed by atoms with Crippen molar-refractivity contribution in [1.29, 1.82) is 0 Å². The molecule has 1 aliphatic rings. The van der Waals surface area contributed by atoms with Crippen molar-refractivity contribution < 1.29 is 8.42 Å². The van der Waals surface area contributed by atoms with Gasteiger partial charge in [0.2, 0.25) is 10.0 Å². The topological polar surface area (TPSA) is 63.4 Å². The molecule has 0 saturated heterocycles. The molecule has 4 nitrogen and oxygen atoms in total. The van der Waals surface area contributed by atoms with E-state index in [9.17, 15) is 8.42 Å². The first-order valence-corrected chi connectivity index (χ1v) is 8.98. The van der Waals surface area contributed by atoms with E-state index in [-0.39, 0.29) is 5.41 Å². The summed E-state index contributed by atoms with van der Waals surface area (Å²) in [5, 5.41) is 0. The molecule has 0 bridgehead atoms. The number of nitrogens with two attached hydrogens (primary N) is 1. The molecule has 0 amide bonds. The molecular formula is C15H24N2O2S. The molecule has 1 aliphatic carbocycles. The van der Waals surface area contributed by atoms with E-state index in [4.69, 9.17) is 5.73 Å². The average Bonchev–Trinajstić information content (AvgIpc) is 2.46. The second-order valence-corrected chi connectivity index (χ2v) is 7.84. The minimum Gasteiger partial charge on any atom is -0.330 e. The van der Waals surface area contributed by atoms with E-state index in [2.05, 4.69) is 0 Å². The maximum Gasteiger partial charge on any atom is 0.231 e. The van der Waals surface area contributed by atoms with E-state index < -0.39 is 10.0 Å². The Morgan fingerprint density at radius 2 is 1.70 bits per heavy atom. The molecule has 0 aliphatic heterocycles. The van der Waals surface area contributed by atoms with Crippen LogP contribution in [0.15, 0.2) is 24.3 Å². The fraction of sp³-hybridized carbons (Fsp3) is 0.600. The largest absolute Gasteiger partial charge is 0.330 e. The van der Waals surface area contributed by atoms with E-state index in [1.165, 1.54) is 35.4 Å². The quantitative estimate of drug-likeness (QED) is 0.927. The lowest BCUT2D eigenvalue weighted by molar-refractivity contribution is 0.301. The summed E-state index contributed by atoms with van der Waals surface area (Å²) in [4.78, 5) is 0. The van der Waals surface area contributed by atoms with Gasteiger partial charge in [0.05, 0.1) is 11.9 Å². The van der Waals surface area contributed by atoms with Gasteiger partial charge in [-0.2, -0.15) is 0 Å². The Bertz CT molecular complexity index is 546. The number of anilines is 1. The summed E-state index contributed by atoms with van der Waals surface area (Å²) in [6.45, 7) is 0.661. The zero-order valence-electron chi connectivity index (χ0n) is 12.3. The maximum atomic E-state index is 11.5. The summed E-state index contributed by atoms with van der Waals surface area (Å²) in [5.74, 6) is 0. The highest BCUT2D eigenvalue weighted by Gasteiger charge is 2.32. The van der Waals surface area contributed by atoms with Crippen molar-refractivity contribution in [2.75, 3.05) is 24.2 Å². The van der Waals surface area contributed by atoms with Gasteiger partial charge in [-0.05, 0) is 30.5 Å². The lowest BCUT2D eigenvalue weighted by atomic mass is 9.69. The summed E-state index contributed by atoms with van der Waals surface area (Å²) in [6.07, 6.45) is 7.21. The van der Waals surface area contributed by atoms with Gasteiger partial charge in [0.15, 0.2) is 0 Å². The number of benzene rings is 1. The van der Waals surface area contributed by atoms with E-state index in [1.807, 2.05) is 24.3 Å². The van der Waals surface area contributed by atoms with Crippen molar-refractivity contribution in [2.24, 2.45) is 5.73 Å². The Kier molecular flexibility index (Phi) is 4.39. The molecule has 0 spiro atoms. The van der Waals surface area contributed by atoms with E-state index in [0.717, 1.165) is 12.8 Å². The molecule has 1 aromatic rings. The van der Waals surface area contributed by atoms with Crippen molar-refractivity contribution in [1.82, 2.24) is 0 Å². The summed E-state index contributed by atoms with van der Waals surface area (Å²) in [7, 11) is -1.63. The monoisotopic (exact) mass is 296 g/mol. The molecule has 2 rings (SSSR count). The zero-order valence-corrected chi connectivity index (χ0v) is 13.1. The molecule has 0 aromatic heterocycles. The highest BCUT2D eigenvalue weighted by atomic mass is 32.2. The minimum absolute atomic E-state index is 0.0838. The molecule has 1 aromatic carbocycles. The summed E-state index contributed by atoms with van der Waals surface area (Å²) in [5.41, 5.74) is 8.05. The smallest absolute Gasteiger partial charge is 0.231 e. The molecule has 112 valence electrons. The van der Waals surface area contributed by atoms with Crippen LogP contribution in [0, 0.1) is 0 Å². The molecule has 1 saturated carbocycles. The Morgan fingerprint density at radius 1 is 1.15 bits per heavy atom. The summed E-state index contributed by atoms with van der Waals surface area (Å²) in [6, 6.07) is 7.83. The minimum atomic E-state index is -3.21. The van der Waals surface area contributed by atoms with Crippen LogP contribution in [0.2, 0.25) is 0 Å². The van der Waals surface area contributed by atoms with Crippen LogP contribution in [0.5, 0.6) is 0 Å². The molecular weight excluding hydrogens is 272 g/mol. The van der Waals surface area contributed by atoms with Gasteiger partial charge in [0.25, 0.3) is 0 Å². The van der Waals surface area contributed by atoms with Crippen molar-refractivity contribution >= 4 is 15.7 Å². The third-order valence-corrected chi connectivity index (χ3v) is 5.75. The lowest BCUT2D eigenvalue weighted by Crippen LogP contribution is -2.37. The molecule has 0 radical (unpaired) electrons. The number of nitrogens with zero attached hydrogens (tertiary/aromatic N) is 1. The fourth-order valence-electron chi connectivity index (χ4n) is 3.06. The third-order valence-electron chi connectivity index (χ3n) is 4.54. The van der Waals surface area contributed by atoms with Crippen LogP contribution in [-0.2, 0) is 15.4 Å². The number of rotatable bonds is 4. The number of sulfonamides is 1. The predicted octanol–water partition coefficient (Wildman–Crippen LogP) is 2.24. The first-order valence-electron chi connectivity index (χ1n) is 7.14. The highest BCUT2D eigenvalue weighted by Crippen LogP contribution is 2.39. The first-order chi connectivity index (χ1) is 9.39.